The number of hydrogen-bond donors (Lipinski definition) is 1. The Morgan fingerprint density at radius 2 is 1.94 bits per heavy atom. The van der Waals surface area contributed by atoms with Gasteiger partial charge in [0.2, 0.25) is 0 Å². The van der Waals surface area contributed by atoms with Crippen LogP contribution < -0.4 is 5.73 Å². The summed E-state index contributed by atoms with van der Waals surface area (Å²) >= 11 is 3.26. The zero-order chi connectivity index (χ0) is 10.8. The number of nitrogens with zero attached hydrogens (tertiary/aromatic N) is 5. The highest BCUT2D eigenvalue weighted by molar-refractivity contribution is 9.10. The zero-order valence-electron chi connectivity index (χ0n) is 8.41. The summed E-state index contributed by atoms with van der Waals surface area (Å²) in [6.07, 6.45) is 4.73. The van der Waals surface area contributed by atoms with E-state index in [9.17, 15) is 0 Å². The lowest BCUT2D eigenvalue weighted by molar-refractivity contribution is 0.668. The van der Waals surface area contributed by atoms with Crippen LogP contribution in [0.25, 0.3) is 5.95 Å². The molecule has 16 heavy (non-hydrogen) atoms. The maximum Gasteiger partial charge on any atom is 0.252 e. The van der Waals surface area contributed by atoms with Crippen molar-refractivity contribution in [2.75, 3.05) is 0 Å². The molecule has 2 heterocycles. The Bertz CT molecular complexity index is 454. The quantitative estimate of drug-likeness (QED) is 0.903. The molecular weight excluding hydrogens is 295 g/mol. The van der Waals surface area contributed by atoms with Crippen molar-refractivity contribution in [3.8, 4) is 5.95 Å². The lowest BCUT2D eigenvalue weighted by atomic mass is 10.3. The van der Waals surface area contributed by atoms with Crippen LogP contribution in [0, 0.1) is 0 Å². The van der Waals surface area contributed by atoms with Crippen molar-refractivity contribution in [2.24, 2.45) is 5.73 Å². The highest BCUT2D eigenvalue weighted by Crippen LogP contribution is 2.10. The van der Waals surface area contributed by atoms with Crippen LogP contribution in [-0.4, -0.2) is 24.7 Å². The molecule has 0 spiro atoms. The third-order valence-electron chi connectivity index (χ3n) is 1.78. The molecule has 0 amide bonds. The second kappa shape index (κ2) is 5.33. The van der Waals surface area contributed by atoms with E-state index < -0.39 is 0 Å². The third kappa shape index (κ3) is 2.55. The number of halogens is 2. The Morgan fingerprint density at radius 1 is 1.31 bits per heavy atom. The predicted molar refractivity (Wildman–Crippen MR) is 64.5 cm³/mol. The highest BCUT2D eigenvalue weighted by atomic mass is 79.9. The van der Waals surface area contributed by atoms with Gasteiger partial charge in [0.15, 0.2) is 5.82 Å². The lowest BCUT2D eigenvalue weighted by Crippen LogP contribution is -2.15. The monoisotopic (exact) mass is 304 g/mol. The Labute approximate surface area is 107 Å². The molecule has 8 heteroatoms. The molecule has 0 aliphatic rings. The van der Waals surface area contributed by atoms with Gasteiger partial charge in [-0.25, -0.2) is 15.0 Å². The molecule has 0 saturated heterocycles. The standard InChI is InChI=1S/C8H9BrN6.ClH/c1-5(10)7-13-4-14-15(7)8-11-2-6(9)3-12-8;/h2-5H,10H2,1H3;1H/t5-;/m0./s1. The molecule has 2 N–H and O–H groups in total. The summed E-state index contributed by atoms with van der Waals surface area (Å²) in [5.41, 5.74) is 5.74. The minimum Gasteiger partial charge on any atom is -0.322 e. The number of hydrogen-bond acceptors (Lipinski definition) is 5. The average Bonchev–Trinajstić information content (AvgIpc) is 2.67. The Balaban J connectivity index is 0.00000128. The normalized spacial score (nSPS) is 11.9. The molecule has 0 aliphatic carbocycles. The Kier molecular flexibility index (Phi) is 4.34. The van der Waals surface area contributed by atoms with E-state index >= 15 is 0 Å². The van der Waals surface area contributed by atoms with Crippen LogP contribution in [0.5, 0.6) is 0 Å². The largest absolute Gasteiger partial charge is 0.322 e. The minimum atomic E-state index is -0.209. The summed E-state index contributed by atoms with van der Waals surface area (Å²) in [4.78, 5) is 12.3. The van der Waals surface area contributed by atoms with E-state index in [2.05, 4.69) is 36.0 Å². The van der Waals surface area contributed by atoms with Gasteiger partial charge in [0.1, 0.15) is 6.33 Å². The number of rotatable bonds is 2. The van der Waals surface area contributed by atoms with Crippen molar-refractivity contribution in [1.82, 2.24) is 24.7 Å². The molecule has 0 radical (unpaired) electrons. The van der Waals surface area contributed by atoms with Gasteiger partial charge in [0, 0.05) is 12.4 Å². The van der Waals surface area contributed by atoms with Crippen molar-refractivity contribution < 1.29 is 0 Å². The van der Waals surface area contributed by atoms with E-state index in [0.717, 1.165) is 4.47 Å². The Morgan fingerprint density at radius 3 is 2.50 bits per heavy atom. The lowest BCUT2D eigenvalue weighted by Gasteiger charge is -2.05. The van der Waals surface area contributed by atoms with Crippen LogP contribution in [0.15, 0.2) is 23.2 Å². The second-order valence-electron chi connectivity index (χ2n) is 3.02. The van der Waals surface area contributed by atoms with E-state index in [0.29, 0.717) is 11.8 Å². The number of nitrogens with two attached hydrogens (primary N) is 1. The summed E-state index contributed by atoms with van der Waals surface area (Å²) in [5.74, 6) is 1.10. The van der Waals surface area contributed by atoms with Crippen LogP contribution in [-0.2, 0) is 0 Å². The van der Waals surface area contributed by atoms with Gasteiger partial charge < -0.3 is 5.73 Å². The molecule has 0 unspecified atom stereocenters. The molecular formula is C8H10BrClN6. The molecule has 2 rings (SSSR count). The molecule has 0 aromatic carbocycles. The maximum atomic E-state index is 5.74. The van der Waals surface area contributed by atoms with Crippen molar-refractivity contribution in [3.05, 3.63) is 29.0 Å². The molecule has 2 aromatic rings. The SMILES string of the molecule is C[C@H](N)c1ncnn1-c1ncc(Br)cn1.Cl. The van der Waals surface area contributed by atoms with Gasteiger partial charge in [-0.1, -0.05) is 0 Å². The second-order valence-corrected chi connectivity index (χ2v) is 3.94. The summed E-state index contributed by atoms with van der Waals surface area (Å²) < 4.78 is 2.34. The maximum absolute atomic E-state index is 5.74. The van der Waals surface area contributed by atoms with Gasteiger partial charge in [-0.05, 0) is 22.9 Å². The molecule has 0 bridgehead atoms. The van der Waals surface area contributed by atoms with Gasteiger partial charge in [-0.3, -0.25) is 0 Å². The fourth-order valence-corrected chi connectivity index (χ4v) is 1.33. The van der Waals surface area contributed by atoms with Gasteiger partial charge in [0.25, 0.3) is 5.95 Å². The van der Waals surface area contributed by atoms with Crippen molar-refractivity contribution in [3.63, 3.8) is 0 Å². The molecule has 0 saturated carbocycles. The zero-order valence-corrected chi connectivity index (χ0v) is 10.8. The molecule has 6 nitrogen and oxygen atoms in total. The minimum absolute atomic E-state index is 0. The van der Waals surface area contributed by atoms with E-state index in [1.807, 2.05) is 6.92 Å². The first-order chi connectivity index (χ1) is 7.18. The smallest absolute Gasteiger partial charge is 0.252 e. The fraction of sp³-hybridized carbons (Fsp3) is 0.250. The molecule has 0 aliphatic heterocycles. The average molecular weight is 306 g/mol. The van der Waals surface area contributed by atoms with Gasteiger partial charge >= 0.3 is 0 Å². The third-order valence-corrected chi connectivity index (χ3v) is 2.19. The van der Waals surface area contributed by atoms with Gasteiger partial charge in [-0.2, -0.15) is 9.78 Å². The predicted octanol–water partition coefficient (Wildman–Crippen LogP) is 1.26. The van der Waals surface area contributed by atoms with E-state index in [4.69, 9.17) is 5.73 Å². The summed E-state index contributed by atoms with van der Waals surface area (Å²) in [6.45, 7) is 1.83. The van der Waals surface area contributed by atoms with Crippen molar-refractivity contribution in [1.29, 1.82) is 0 Å². The molecule has 2 aromatic heterocycles. The van der Waals surface area contributed by atoms with Gasteiger partial charge in [-0.15, -0.1) is 12.4 Å². The summed E-state index contributed by atoms with van der Waals surface area (Å²) in [7, 11) is 0. The first-order valence-corrected chi connectivity index (χ1v) is 5.11. The fourth-order valence-electron chi connectivity index (χ4n) is 1.13. The van der Waals surface area contributed by atoms with Gasteiger partial charge in [0.05, 0.1) is 10.5 Å². The highest BCUT2D eigenvalue weighted by Gasteiger charge is 2.11. The van der Waals surface area contributed by atoms with E-state index in [-0.39, 0.29) is 18.4 Å². The van der Waals surface area contributed by atoms with Crippen LogP contribution in [0.1, 0.15) is 18.8 Å². The van der Waals surface area contributed by atoms with Crippen LogP contribution in [0.3, 0.4) is 0 Å². The van der Waals surface area contributed by atoms with Crippen molar-refractivity contribution in [2.45, 2.75) is 13.0 Å². The van der Waals surface area contributed by atoms with E-state index in [1.165, 1.54) is 11.0 Å². The first kappa shape index (κ1) is 13.0. The molecule has 86 valence electrons. The Hall–Kier alpha value is -1.05. The van der Waals surface area contributed by atoms with Crippen LogP contribution >= 0.6 is 28.3 Å². The topological polar surface area (TPSA) is 82.5 Å². The van der Waals surface area contributed by atoms with E-state index in [1.54, 1.807) is 12.4 Å². The summed E-state index contributed by atoms with van der Waals surface area (Å²) in [6, 6.07) is -0.209. The number of aromatic nitrogens is 5. The molecule has 0 fully saturated rings. The van der Waals surface area contributed by atoms with Crippen LogP contribution in [0.2, 0.25) is 0 Å². The first-order valence-electron chi connectivity index (χ1n) is 4.32. The van der Waals surface area contributed by atoms with Crippen molar-refractivity contribution >= 4 is 28.3 Å². The molecule has 1 atom stereocenters. The summed E-state index contributed by atoms with van der Waals surface area (Å²) in [5, 5.41) is 4.02. The van der Waals surface area contributed by atoms with Crippen LogP contribution in [0.4, 0.5) is 0 Å².